The van der Waals surface area contributed by atoms with E-state index in [9.17, 15) is 9.18 Å². The highest BCUT2D eigenvalue weighted by Crippen LogP contribution is 2.19. The molecule has 2 N–H and O–H groups in total. The van der Waals surface area contributed by atoms with E-state index < -0.39 is 0 Å². The predicted octanol–water partition coefficient (Wildman–Crippen LogP) is 3.96. The molecule has 0 aliphatic carbocycles. The second kappa shape index (κ2) is 6.87. The number of H-pyrrole nitrogens is 1. The van der Waals surface area contributed by atoms with Gasteiger partial charge in [0.25, 0.3) is 5.91 Å². The highest BCUT2D eigenvalue weighted by atomic mass is 19.1. The van der Waals surface area contributed by atoms with Crippen LogP contribution in [0.3, 0.4) is 0 Å². The van der Waals surface area contributed by atoms with E-state index in [1.165, 1.54) is 12.1 Å². The Balaban J connectivity index is 1.47. The van der Waals surface area contributed by atoms with Gasteiger partial charge in [-0.15, -0.1) is 0 Å². The molecule has 0 fully saturated rings. The molecule has 0 atom stereocenters. The minimum absolute atomic E-state index is 0.307. The molecule has 0 saturated carbocycles. The van der Waals surface area contributed by atoms with Gasteiger partial charge in [-0.1, -0.05) is 0 Å². The highest BCUT2D eigenvalue weighted by Gasteiger charge is 2.11. The Morgan fingerprint density at radius 2 is 1.81 bits per heavy atom. The average molecular weight is 361 g/mol. The van der Waals surface area contributed by atoms with Crippen molar-refractivity contribution in [3.05, 3.63) is 84.1 Å². The van der Waals surface area contributed by atoms with Crippen LogP contribution in [0.4, 0.5) is 10.1 Å². The summed E-state index contributed by atoms with van der Waals surface area (Å²) >= 11 is 0. The lowest BCUT2D eigenvalue weighted by Gasteiger charge is -2.05. The first-order valence-corrected chi connectivity index (χ1v) is 8.34. The van der Waals surface area contributed by atoms with Crippen molar-refractivity contribution in [2.45, 2.75) is 6.92 Å². The number of halogens is 1. The van der Waals surface area contributed by atoms with E-state index in [0.717, 1.165) is 16.9 Å². The molecular formula is C20H16FN5O. The van der Waals surface area contributed by atoms with Gasteiger partial charge in [-0.2, -0.15) is 10.2 Å². The normalized spacial score (nSPS) is 10.7. The van der Waals surface area contributed by atoms with Crippen LogP contribution in [0.5, 0.6) is 0 Å². The van der Waals surface area contributed by atoms with Gasteiger partial charge in [0.1, 0.15) is 11.5 Å². The van der Waals surface area contributed by atoms with Crippen LogP contribution in [-0.4, -0.2) is 25.9 Å². The van der Waals surface area contributed by atoms with Crippen LogP contribution >= 0.6 is 0 Å². The van der Waals surface area contributed by atoms with Crippen LogP contribution in [0.15, 0.2) is 66.9 Å². The fourth-order valence-corrected chi connectivity index (χ4v) is 2.66. The smallest absolute Gasteiger partial charge is 0.273 e. The van der Waals surface area contributed by atoms with Crippen LogP contribution in [0.25, 0.3) is 16.9 Å². The van der Waals surface area contributed by atoms with Gasteiger partial charge >= 0.3 is 0 Å². The molecule has 0 bridgehead atoms. The fraction of sp³-hybridized carbons (Fsp3) is 0.0500. The lowest BCUT2D eigenvalue weighted by molar-refractivity contribution is 0.102. The molecule has 27 heavy (non-hydrogen) atoms. The summed E-state index contributed by atoms with van der Waals surface area (Å²) in [6.07, 6.45) is 1.88. The Kier molecular flexibility index (Phi) is 4.25. The molecule has 0 spiro atoms. The third kappa shape index (κ3) is 3.62. The van der Waals surface area contributed by atoms with Gasteiger partial charge in [-0.05, 0) is 67.6 Å². The maximum absolute atomic E-state index is 13.0. The molecule has 0 radical (unpaired) electrons. The largest absolute Gasteiger partial charge is 0.321 e. The van der Waals surface area contributed by atoms with Crippen molar-refractivity contribution in [3.63, 3.8) is 0 Å². The lowest BCUT2D eigenvalue weighted by atomic mass is 10.1. The summed E-state index contributed by atoms with van der Waals surface area (Å²) in [5.74, 6) is -0.625. The standard InChI is InChI=1S/C20H16FN5O/c1-13-10-11-26(25-13)17-8-6-16(7-9-17)22-20(27)19-12-18(23-24-19)14-2-4-15(21)5-3-14/h2-12H,1H3,(H,22,27)(H,23,24). The number of carbonyl (C=O) groups is 1. The van der Waals surface area contributed by atoms with Crippen LogP contribution < -0.4 is 5.32 Å². The van der Waals surface area contributed by atoms with Gasteiger partial charge < -0.3 is 5.32 Å². The van der Waals surface area contributed by atoms with Crippen molar-refractivity contribution in [3.8, 4) is 16.9 Å². The number of hydrogen-bond donors (Lipinski definition) is 2. The van der Waals surface area contributed by atoms with Crippen LogP contribution in [0, 0.1) is 12.7 Å². The van der Waals surface area contributed by atoms with Gasteiger partial charge in [0.2, 0.25) is 0 Å². The fourth-order valence-electron chi connectivity index (χ4n) is 2.66. The Morgan fingerprint density at radius 1 is 1.07 bits per heavy atom. The average Bonchev–Trinajstić information content (AvgIpc) is 3.32. The van der Waals surface area contributed by atoms with Crippen LogP contribution in [-0.2, 0) is 0 Å². The van der Waals surface area contributed by atoms with Gasteiger partial charge in [-0.25, -0.2) is 9.07 Å². The minimum atomic E-state index is -0.319. The van der Waals surface area contributed by atoms with Crippen molar-refractivity contribution in [2.75, 3.05) is 5.32 Å². The third-order valence-corrected chi connectivity index (χ3v) is 4.07. The molecule has 2 aromatic heterocycles. The Labute approximate surface area is 154 Å². The number of aromatic nitrogens is 4. The van der Waals surface area contributed by atoms with Crippen molar-refractivity contribution in [1.82, 2.24) is 20.0 Å². The molecule has 0 aliphatic heterocycles. The Hall–Kier alpha value is -3.74. The molecule has 4 rings (SSSR count). The number of aromatic amines is 1. The first-order valence-electron chi connectivity index (χ1n) is 8.34. The summed E-state index contributed by atoms with van der Waals surface area (Å²) < 4.78 is 14.8. The molecule has 1 amide bonds. The number of anilines is 1. The molecule has 4 aromatic rings. The number of aryl methyl sites for hydroxylation is 1. The number of nitrogens with zero attached hydrogens (tertiary/aromatic N) is 3. The third-order valence-electron chi connectivity index (χ3n) is 4.07. The van der Waals surface area contributed by atoms with Crippen LogP contribution in [0.2, 0.25) is 0 Å². The van der Waals surface area contributed by atoms with Crippen molar-refractivity contribution >= 4 is 11.6 Å². The van der Waals surface area contributed by atoms with E-state index >= 15 is 0 Å². The van der Waals surface area contributed by atoms with E-state index in [4.69, 9.17) is 0 Å². The summed E-state index contributed by atoms with van der Waals surface area (Å²) in [4.78, 5) is 12.4. The van der Waals surface area contributed by atoms with Crippen molar-refractivity contribution < 1.29 is 9.18 Å². The molecule has 134 valence electrons. The number of nitrogens with one attached hydrogen (secondary N) is 2. The zero-order chi connectivity index (χ0) is 18.8. The van der Waals surface area contributed by atoms with Crippen LogP contribution in [0.1, 0.15) is 16.2 Å². The van der Waals surface area contributed by atoms with E-state index in [2.05, 4.69) is 20.6 Å². The van der Waals surface area contributed by atoms with E-state index in [0.29, 0.717) is 17.1 Å². The van der Waals surface area contributed by atoms with Gasteiger partial charge in [0.15, 0.2) is 0 Å². The molecule has 2 aromatic carbocycles. The Bertz CT molecular complexity index is 1080. The maximum Gasteiger partial charge on any atom is 0.273 e. The SMILES string of the molecule is Cc1ccn(-c2ccc(NC(=O)c3cc(-c4ccc(F)cc4)n[nH]3)cc2)n1. The van der Waals surface area contributed by atoms with E-state index in [-0.39, 0.29) is 11.7 Å². The first-order chi connectivity index (χ1) is 13.1. The number of carbonyl (C=O) groups excluding carboxylic acids is 1. The molecule has 6 nitrogen and oxygen atoms in total. The molecule has 2 heterocycles. The minimum Gasteiger partial charge on any atom is -0.321 e. The monoisotopic (exact) mass is 361 g/mol. The second-order valence-corrected chi connectivity index (χ2v) is 6.08. The molecule has 0 saturated heterocycles. The lowest BCUT2D eigenvalue weighted by Crippen LogP contribution is -2.12. The summed E-state index contributed by atoms with van der Waals surface area (Å²) in [5.41, 5.74) is 4.12. The maximum atomic E-state index is 13.0. The number of amides is 1. The summed E-state index contributed by atoms with van der Waals surface area (Å²) in [7, 11) is 0. The number of benzene rings is 2. The quantitative estimate of drug-likeness (QED) is 0.578. The van der Waals surface area contributed by atoms with Gasteiger partial charge in [-0.3, -0.25) is 9.89 Å². The van der Waals surface area contributed by atoms with Gasteiger partial charge in [0, 0.05) is 17.4 Å². The molecule has 0 aliphatic rings. The number of hydrogen-bond acceptors (Lipinski definition) is 3. The zero-order valence-electron chi connectivity index (χ0n) is 14.5. The Morgan fingerprint density at radius 3 is 2.48 bits per heavy atom. The predicted molar refractivity (Wildman–Crippen MR) is 100 cm³/mol. The van der Waals surface area contributed by atoms with Crippen molar-refractivity contribution in [2.24, 2.45) is 0 Å². The first kappa shape index (κ1) is 16.7. The highest BCUT2D eigenvalue weighted by molar-refractivity contribution is 6.03. The second-order valence-electron chi connectivity index (χ2n) is 6.08. The molecular weight excluding hydrogens is 345 g/mol. The van der Waals surface area contributed by atoms with Gasteiger partial charge in [0.05, 0.1) is 17.1 Å². The van der Waals surface area contributed by atoms with E-state index in [1.807, 2.05) is 43.5 Å². The molecule has 0 unspecified atom stereocenters. The van der Waals surface area contributed by atoms with E-state index in [1.54, 1.807) is 22.9 Å². The summed E-state index contributed by atoms with van der Waals surface area (Å²) in [6.45, 7) is 1.93. The number of rotatable bonds is 4. The zero-order valence-corrected chi connectivity index (χ0v) is 14.5. The summed E-state index contributed by atoms with van der Waals surface area (Å²) in [6, 6.07) is 16.8. The topological polar surface area (TPSA) is 75.6 Å². The summed E-state index contributed by atoms with van der Waals surface area (Å²) in [5, 5.41) is 14.0. The molecule has 7 heteroatoms. The van der Waals surface area contributed by atoms with Crippen molar-refractivity contribution in [1.29, 1.82) is 0 Å².